The highest BCUT2D eigenvalue weighted by molar-refractivity contribution is 4.60. The van der Waals surface area contributed by atoms with Gasteiger partial charge in [-0.25, -0.2) is 4.39 Å². The summed E-state index contributed by atoms with van der Waals surface area (Å²) < 4.78 is 16.2. The van der Waals surface area contributed by atoms with E-state index in [-0.39, 0.29) is 0 Å². The molecule has 1 unspecified atom stereocenters. The quantitative estimate of drug-likeness (QED) is 0.346. The average Bonchev–Trinajstić information content (AvgIpc) is 2.38. The predicted molar refractivity (Wildman–Crippen MR) is 77.0 cm³/mol. The number of hydrogen-bond acceptors (Lipinski definition) is 1. The van der Waals surface area contributed by atoms with Crippen molar-refractivity contribution >= 4 is 0 Å². The lowest BCUT2D eigenvalue weighted by Gasteiger charge is -2.15. The van der Waals surface area contributed by atoms with Crippen LogP contribution in [0.4, 0.5) is 4.39 Å². The molecule has 0 rings (SSSR count). The van der Waals surface area contributed by atoms with Crippen LogP contribution in [0.25, 0.3) is 0 Å². The molecular weight excluding hydrogens is 227 g/mol. The highest BCUT2D eigenvalue weighted by Gasteiger charge is 2.07. The number of hydrogen-bond donors (Lipinski definition) is 0. The van der Waals surface area contributed by atoms with Crippen molar-refractivity contribution in [3.8, 4) is 0 Å². The second-order valence-corrected chi connectivity index (χ2v) is 5.31. The van der Waals surface area contributed by atoms with Crippen molar-refractivity contribution in [1.29, 1.82) is 0 Å². The lowest BCUT2D eigenvalue weighted by Crippen LogP contribution is -2.01. The smallest absolute Gasteiger partial charge is 0.255 e. The standard InChI is InChI=1S/C16H32FO/c1-3-5-6-8-12-16(11-4-2)13-9-7-10-14-18-15-17/h15-16H,3-14H2,1-2H3. The van der Waals surface area contributed by atoms with Gasteiger partial charge in [-0.05, 0) is 12.3 Å². The Morgan fingerprint density at radius 3 is 2.06 bits per heavy atom. The molecule has 0 amide bonds. The maximum atomic E-state index is 11.6. The molecule has 18 heavy (non-hydrogen) atoms. The second-order valence-electron chi connectivity index (χ2n) is 5.31. The van der Waals surface area contributed by atoms with Crippen LogP contribution in [0.3, 0.4) is 0 Å². The van der Waals surface area contributed by atoms with Gasteiger partial charge in [-0.1, -0.05) is 78.1 Å². The van der Waals surface area contributed by atoms with E-state index < -0.39 is 0 Å². The maximum Gasteiger partial charge on any atom is 0.255 e. The van der Waals surface area contributed by atoms with Gasteiger partial charge in [0.15, 0.2) is 0 Å². The Morgan fingerprint density at radius 2 is 1.50 bits per heavy atom. The van der Waals surface area contributed by atoms with Crippen LogP contribution >= 0.6 is 0 Å². The van der Waals surface area contributed by atoms with E-state index in [1.165, 1.54) is 64.2 Å². The van der Waals surface area contributed by atoms with Crippen molar-refractivity contribution in [2.45, 2.75) is 84.5 Å². The molecule has 0 N–H and O–H groups in total. The normalized spacial score (nSPS) is 12.8. The molecular formula is C16H32FO. The molecule has 0 aliphatic carbocycles. The fourth-order valence-corrected chi connectivity index (χ4v) is 2.54. The first-order valence-corrected chi connectivity index (χ1v) is 7.88. The summed E-state index contributed by atoms with van der Waals surface area (Å²) in [6, 6.07) is 0. The van der Waals surface area contributed by atoms with E-state index in [4.69, 9.17) is 0 Å². The van der Waals surface area contributed by atoms with Gasteiger partial charge in [0.1, 0.15) is 0 Å². The highest BCUT2D eigenvalue weighted by Crippen LogP contribution is 2.22. The van der Waals surface area contributed by atoms with E-state index >= 15 is 0 Å². The van der Waals surface area contributed by atoms with E-state index in [0.29, 0.717) is 13.5 Å². The summed E-state index contributed by atoms with van der Waals surface area (Å²) in [7, 11) is 0. The highest BCUT2D eigenvalue weighted by atomic mass is 19.1. The monoisotopic (exact) mass is 259 g/mol. The molecule has 1 radical (unpaired) electrons. The zero-order valence-electron chi connectivity index (χ0n) is 12.4. The largest absolute Gasteiger partial charge is 0.344 e. The van der Waals surface area contributed by atoms with Gasteiger partial charge in [0.2, 0.25) is 0 Å². The summed E-state index contributed by atoms with van der Waals surface area (Å²) in [5.41, 5.74) is 0. The van der Waals surface area contributed by atoms with Crippen molar-refractivity contribution in [2.24, 2.45) is 5.92 Å². The van der Waals surface area contributed by atoms with Crippen LogP contribution in [0.1, 0.15) is 84.5 Å². The van der Waals surface area contributed by atoms with Crippen LogP contribution in [-0.4, -0.2) is 6.61 Å². The Labute approximate surface area is 113 Å². The Balaban J connectivity index is 3.44. The molecule has 0 saturated carbocycles. The fourth-order valence-electron chi connectivity index (χ4n) is 2.54. The first kappa shape index (κ1) is 17.9. The van der Waals surface area contributed by atoms with Crippen molar-refractivity contribution in [2.75, 3.05) is 6.61 Å². The van der Waals surface area contributed by atoms with Crippen LogP contribution in [0.5, 0.6) is 0 Å². The van der Waals surface area contributed by atoms with Crippen LogP contribution in [0, 0.1) is 12.8 Å². The molecule has 0 aromatic heterocycles. The van der Waals surface area contributed by atoms with Crippen LogP contribution in [0.15, 0.2) is 0 Å². The summed E-state index contributed by atoms with van der Waals surface area (Å²) >= 11 is 0. The molecule has 0 fully saturated rings. The van der Waals surface area contributed by atoms with Crippen LogP contribution < -0.4 is 0 Å². The van der Waals surface area contributed by atoms with Gasteiger partial charge in [-0.15, -0.1) is 0 Å². The molecule has 0 heterocycles. The number of ether oxygens (including phenoxy) is 1. The third-order valence-electron chi connectivity index (χ3n) is 3.60. The van der Waals surface area contributed by atoms with E-state index in [1.807, 2.05) is 0 Å². The topological polar surface area (TPSA) is 9.23 Å². The molecule has 1 nitrogen and oxygen atoms in total. The summed E-state index contributed by atoms with van der Waals surface area (Å²) in [4.78, 5) is 0. The maximum absolute atomic E-state index is 11.6. The molecule has 1 atom stereocenters. The minimum Gasteiger partial charge on any atom is -0.344 e. The lowest BCUT2D eigenvalue weighted by molar-refractivity contribution is 0.128. The van der Waals surface area contributed by atoms with Gasteiger partial charge in [0.05, 0.1) is 6.61 Å². The molecule has 0 spiro atoms. The SMILES string of the molecule is CCCCCCC(CCC)CCCCCO[CH]F. The van der Waals surface area contributed by atoms with Gasteiger partial charge >= 0.3 is 0 Å². The Hall–Kier alpha value is -0.110. The number of rotatable bonds is 14. The van der Waals surface area contributed by atoms with Gasteiger partial charge in [-0.3, -0.25) is 0 Å². The van der Waals surface area contributed by atoms with E-state index in [9.17, 15) is 4.39 Å². The van der Waals surface area contributed by atoms with Crippen molar-refractivity contribution in [3.63, 3.8) is 0 Å². The first-order valence-electron chi connectivity index (χ1n) is 7.88. The van der Waals surface area contributed by atoms with Crippen molar-refractivity contribution < 1.29 is 9.13 Å². The third-order valence-corrected chi connectivity index (χ3v) is 3.60. The lowest BCUT2D eigenvalue weighted by atomic mass is 9.91. The van der Waals surface area contributed by atoms with E-state index in [2.05, 4.69) is 18.6 Å². The minimum absolute atomic E-state index is 0.299. The molecule has 2 heteroatoms. The predicted octanol–water partition coefficient (Wildman–Crippen LogP) is 6.04. The Bertz CT molecular complexity index is 150. The Morgan fingerprint density at radius 1 is 0.833 bits per heavy atom. The third kappa shape index (κ3) is 12.3. The van der Waals surface area contributed by atoms with Gasteiger partial charge < -0.3 is 4.74 Å². The van der Waals surface area contributed by atoms with Gasteiger partial charge in [0, 0.05) is 0 Å². The minimum atomic E-state index is 0.299. The van der Waals surface area contributed by atoms with Gasteiger partial charge in [-0.2, -0.15) is 0 Å². The van der Waals surface area contributed by atoms with Crippen LogP contribution in [0.2, 0.25) is 0 Å². The number of halogens is 1. The fraction of sp³-hybridized carbons (Fsp3) is 0.938. The molecule has 0 aromatic rings. The average molecular weight is 259 g/mol. The summed E-state index contributed by atoms with van der Waals surface area (Å²) in [5.74, 6) is 0.917. The molecule has 0 aliphatic rings. The molecule has 0 bridgehead atoms. The molecule has 0 saturated heterocycles. The molecule has 0 aliphatic heterocycles. The zero-order chi connectivity index (χ0) is 13.5. The molecule has 109 valence electrons. The van der Waals surface area contributed by atoms with Crippen molar-refractivity contribution in [1.82, 2.24) is 0 Å². The zero-order valence-corrected chi connectivity index (χ0v) is 12.4. The number of unbranched alkanes of at least 4 members (excludes halogenated alkanes) is 5. The summed E-state index contributed by atoms with van der Waals surface area (Å²) in [6.45, 7) is 5.38. The first-order chi connectivity index (χ1) is 8.85. The van der Waals surface area contributed by atoms with E-state index in [0.717, 1.165) is 12.3 Å². The van der Waals surface area contributed by atoms with E-state index in [1.54, 1.807) is 0 Å². The molecule has 0 aromatic carbocycles. The second kappa shape index (κ2) is 14.9. The summed E-state index contributed by atoms with van der Waals surface area (Å²) in [6.07, 6.45) is 14.4. The van der Waals surface area contributed by atoms with Gasteiger partial charge in [0.25, 0.3) is 6.86 Å². The summed E-state index contributed by atoms with van der Waals surface area (Å²) in [5, 5.41) is 0. The van der Waals surface area contributed by atoms with Crippen LogP contribution in [-0.2, 0) is 4.74 Å². The van der Waals surface area contributed by atoms with Crippen molar-refractivity contribution in [3.05, 3.63) is 6.86 Å². The Kier molecular flexibility index (Phi) is 14.9.